The largest absolute Gasteiger partial charge is 0.419 e. The number of amides is 1. The Hall–Kier alpha value is -3.12. The predicted molar refractivity (Wildman–Crippen MR) is 114 cm³/mol. The Morgan fingerprint density at radius 1 is 1.14 bits per heavy atom. The summed E-state index contributed by atoms with van der Waals surface area (Å²) in [6.45, 7) is 4.30. The maximum Gasteiger partial charge on any atom is 0.264 e. The Labute approximate surface area is 173 Å². The smallest absolute Gasteiger partial charge is 0.264 e. The number of nitrogens with zero attached hydrogens (tertiary/aromatic N) is 3. The SMILES string of the molecule is CC(C)Cc1nnc(-c2cc3ccccc3n2CC(=O)Nc2cccc(Cl)c2)o1. The zero-order valence-corrected chi connectivity index (χ0v) is 17.0. The third-order valence-corrected chi connectivity index (χ3v) is 4.72. The van der Waals surface area contributed by atoms with Crippen molar-refractivity contribution in [3.05, 3.63) is 65.5 Å². The number of aromatic nitrogens is 3. The molecule has 4 rings (SSSR count). The summed E-state index contributed by atoms with van der Waals surface area (Å²) in [5.41, 5.74) is 2.29. The summed E-state index contributed by atoms with van der Waals surface area (Å²) in [5, 5.41) is 12.8. The second kappa shape index (κ2) is 8.09. The van der Waals surface area contributed by atoms with Crippen molar-refractivity contribution in [3.63, 3.8) is 0 Å². The summed E-state index contributed by atoms with van der Waals surface area (Å²) in [6, 6.07) is 16.9. The van der Waals surface area contributed by atoms with Crippen molar-refractivity contribution < 1.29 is 9.21 Å². The first-order valence-electron chi connectivity index (χ1n) is 9.46. The van der Waals surface area contributed by atoms with Crippen LogP contribution in [0.2, 0.25) is 5.02 Å². The minimum atomic E-state index is -0.170. The van der Waals surface area contributed by atoms with E-state index in [-0.39, 0.29) is 12.5 Å². The molecule has 4 aromatic rings. The molecule has 148 valence electrons. The first-order valence-corrected chi connectivity index (χ1v) is 9.84. The number of carbonyl (C=O) groups excluding carboxylic acids is 1. The van der Waals surface area contributed by atoms with E-state index in [2.05, 4.69) is 29.4 Å². The molecule has 0 fully saturated rings. The lowest BCUT2D eigenvalue weighted by atomic mass is 10.1. The van der Waals surface area contributed by atoms with Gasteiger partial charge in [-0.25, -0.2) is 0 Å². The first-order chi connectivity index (χ1) is 14.0. The average Bonchev–Trinajstić information content (AvgIpc) is 3.26. The van der Waals surface area contributed by atoms with Gasteiger partial charge in [0, 0.05) is 28.0 Å². The highest BCUT2D eigenvalue weighted by molar-refractivity contribution is 6.30. The Balaban J connectivity index is 1.66. The molecule has 0 aliphatic rings. The Morgan fingerprint density at radius 3 is 2.76 bits per heavy atom. The molecule has 0 saturated heterocycles. The number of para-hydroxylation sites is 1. The standard InChI is InChI=1S/C22H21ClN4O2/c1-14(2)10-21-25-26-22(29-21)19-11-15-6-3-4-9-18(15)27(19)13-20(28)24-17-8-5-7-16(23)12-17/h3-9,11-12,14H,10,13H2,1-2H3,(H,24,28). The van der Waals surface area contributed by atoms with Gasteiger partial charge in [0.25, 0.3) is 5.89 Å². The van der Waals surface area contributed by atoms with Gasteiger partial charge < -0.3 is 14.3 Å². The van der Waals surface area contributed by atoms with Crippen molar-refractivity contribution in [2.24, 2.45) is 5.92 Å². The van der Waals surface area contributed by atoms with Crippen molar-refractivity contribution in [1.29, 1.82) is 0 Å². The zero-order chi connectivity index (χ0) is 20.4. The van der Waals surface area contributed by atoms with Crippen LogP contribution in [0.15, 0.2) is 59.0 Å². The van der Waals surface area contributed by atoms with Crippen molar-refractivity contribution in [1.82, 2.24) is 14.8 Å². The zero-order valence-electron chi connectivity index (χ0n) is 16.2. The van der Waals surface area contributed by atoms with Crippen LogP contribution in [0.1, 0.15) is 19.7 Å². The van der Waals surface area contributed by atoms with Crippen LogP contribution in [0.5, 0.6) is 0 Å². The van der Waals surface area contributed by atoms with E-state index in [0.717, 1.165) is 16.6 Å². The molecule has 1 N–H and O–H groups in total. The van der Waals surface area contributed by atoms with E-state index >= 15 is 0 Å². The van der Waals surface area contributed by atoms with Gasteiger partial charge in [0.2, 0.25) is 11.8 Å². The Bertz CT molecular complexity index is 1160. The number of nitrogens with one attached hydrogen (secondary N) is 1. The minimum absolute atomic E-state index is 0.108. The molecule has 2 heterocycles. The summed E-state index contributed by atoms with van der Waals surface area (Å²) in [4.78, 5) is 12.7. The molecule has 0 spiro atoms. The van der Waals surface area contributed by atoms with Gasteiger partial charge in [0.1, 0.15) is 12.2 Å². The van der Waals surface area contributed by atoms with Gasteiger partial charge in [-0.15, -0.1) is 10.2 Å². The third kappa shape index (κ3) is 4.32. The van der Waals surface area contributed by atoms with Crippen LogP contribution < -0.4 is 5.32 Å². The van der Waals surface area contributed by atoms with Crippen molar-refractivity contribution in [3.8, 4) is 11.6 Å². The van der Waals surface area contributed by atoms with Crippen LogP contribution >= 0.6 is 11.6 Å². The summed E-state index contributed by atoms with van der Waals surface area (Å²) in [6.07, 6.45) is 0.711. The first kappa shape index (κ1) is 19.2. The van der Waals surface area contributed by atoms with E-state index in [1.54, 1.807) is 24.3 Å². The molecule has 0 radical (unpaired) electrons. The minimum Gasteiger partial charge on any atom is -0.419 e. The van der Waals surface area contributed by atoms with Gasteiger partial charge in [-0.3, -0.25) is 4.79 Å². The highest BCUT2D eigenvalue weighted by Gasteiger charge is 2.18. The van der Waals surface area contributed by atoms with E-state index in [1.807, 2.05) is 34.9 Å². The number of hydrogen-bond donors (Lipinski definition) is 1. The average molecular weight is 409 g/mol. The van der Waals surface area contributed by atoms with Gasteiger partial charge in [-0.05, 0) is 36.2 Å². The Morgan fingerprint density at radius 2 is 1.97 bits per heavy atom. The molecule has 2 aromatic heterocycles. The number of fused-ring (bicyclic) bond motifs is 1. The molecular formula is C22H21ClN4O2. The molecule has 7 heteroatoms. The highest BCUT2D eigenvalue weighted by Crippen LogP contribution is 2.28. The second-order valence-electron chi connectivity index (χ2n) is 7.33. The quantitative estimate of drug-likeness (QED) is 0.477. The molecule has 29 heavy (non-hydrogen) atoms. The lowest BCUT2D eigenvalue weighted by Gasteiger charge is -2.10. The molecule has 0 aliphatic heterocycles. The summed E-state index contributed by atoms with van der Waals surface area (Å²) < 4.78 is 7.76. The maximum atomic E-state index is 12.7. The Kier molecular flexibility index (Phi) is 5.36. The summed E-state index contributed by atoms with van der Waals surface area (Å²) in [5.74, 6) is 1.25. The van der Waals surface area contributed by atoms with Crippen LogP contribution in [0.3, 0.4) is 0 Å². The lowest BCUT2D eigenvalue weighted by Crippen LogP contribution is -2.19. The maximum absolute atomic E-state index is 12.7. The monoisotopic (exact) mass is 408 g/mol. The van der Waals surface area contributed by atoms with Gasteiger partial charge in [-0.1, -0.05) is 49.7 Å². The molecule has 6 nitrogen and oxygen atoms in total. The van der Waals surface area contributed by atoms with E-state index < -0.39 is 0 Å². The summed E-state index contributed by atoms with van der Waals surface area (Å²) in [7, 11) is 0. The van der Waals surface area contributed by atoms with E-state index in [0.29, 0.717) is 34.8 Å². The molecular weight excluding hydrogens is 388 g/mol. The van der Waals surface area contributed by atoms with Crippen molar-refractivity contribution in [2.75, 3.05) is 5.32 Å². The van der Waals surface area contributed by atoms with Gasteiger partial charge >= 0.3 is 0 Å². The number of anilines is 1. The van der Waals surface area contributed by atoms with E-state index in [4.69, 9.17) is 16.0 Å². The highest BCUT2D eigenvalue weighted by atomic mass is 35.5. The number of carbonyl (C=O) groups is 1. The molecule has 0 unspecified atom stereocenters. The van der Waals surface area contributed by atoms with Gasteiger partial charge in [0.05, 0.1) is 0 Å². The fraction of sp³-hybridized carbons (Fsp3) is 0.227. The molecule has 0 bridgehead atoms. The predicted octanol–water partition coefficient (Wildman–Crippen LogP) is 5.18. The van der Waals surface area contributed by atoms with E-state index in [9.17, 15) is 4.79 Å². The normalized spacial score (nSPS) is 11.3. The van der Waals surface area contributed by atoms with Crippen molar-refractivity contribution in [2.45, 2.75) is 26.8 Å². The molecule has 1 amide bonds. The number of benzene rings is 2. The number of hydrogen-bond acceptors (Lipinski definition) is 4. The number of rotatable bonds is 6. The topological polar surface area (TPSA) is 73.0 Å². The molecule has 0 atom stereocenters. The van der Waals surface area contributed by atoms with E-state index in [1.165, 1.54) is 0 Å². The fourth-order valence-corrected chi connectivity index (χ4v) is 3.45. The van der Waals surface area contributed by atoms with Crippen LogP contribution in [-0.2, 0) is 17.8 Å². The van der Waals surface area contributed by atoms with Crippen LogP contribution in [0, 0.1) is 5.92 Å². The molecule has 0 saturated carbocycles. The van der Waals surface area contributed by atoms with Crippen LogP contribution in [0.25, 0.3) is 22.5 Å². The molecule has 0 aliphatic carbocycles. The fourth-order valence-electron chi connectivity index (χ4n) is 3.26. The van der Waals surface area contributed by atoms with Crippen LogP contribution in [-0.4, -0.2) is 20.7 Å². The second-order valence-corrected chi connectivity index (χ2v) is 7.77. The van der Waals surface area contributed by atoms with Gasteiger partial charge in [0.15, 0.2) is 0 Å². The van der Waals surface area contributed by atoms with Gasteiger partial charge in [-0.2, -0.15) is 0 Å². The van der Waals surface area contributed by atoms with Crippen LogP contribution in [0.4, 0.5) is 5.69 Å². The summed E-state index contributed by atoms with van der Waals surface area (Å²) >= 11 is 6.01. The van der Waals surface area contributed by atoms with Crippen molar-refractivity contribution >= 4 is 34.1 Å². The molecule has 2 aromatic carbocycles. The third-order valence-electron chi connectivity index (χ3n) is 4.49. The lowest BCUT2D eigenvalue weighted by molar-refractivity contribution is -0.116. The number of halogens is 1.